The highest BCUT2D eigenvalue weighted by Crippen LogP contribution is 2.35. The van der Waals surface area contributed by atoms with E-state index < -0.39 is 6.04 Å². The first-order valence-electron chi connectivity index (χ1n) is 10.6. The fourth-order valence-electron chi connectivity index (χ4n) is 3.73. The van der Waals surface area contributed by atoms with E-state index in [-0.39, 0.29) is 5.91 Å². The summed E-state index contributed by atoms with van der Waals surface area (Å²) in [7, 11) is 1.59. The molecule has 4 rings (SSSR count). The van der Waals surface area contributed by atoms with Gasteiger partial charge in [0.2, 0.25) is 0 Å². The lowest BCUT2D eigenvalue weighted by Crippen LogP contribution is -2.45. The standard InChI is InChI=1S/C26H24ClN3O3S/c1-16-23(25(31)29-20-10-6-9-19(27)14-20)24(30-26(34)28-16)18-11-12-21(22(13-18)32-2)33-15-17-7-4-3-5-8-17/h3-14,24H,15H2,1-2H3,(H,29,31)(H2,28,30,34). The summed E-state index contributed by atoms with van der Waals surface area (Å²) in [6.07, 6.45) is 0. The van der Waals surface area contributed by atoms with Gasteiger partial charge >= 0.3 is 0 Å². The SMILES string of the molecule is COc1cc(C2NC(=S)NC(C)=C2C(=O)Nc2cccc(Cl)c2)ccc1OCc1ccccc1. The summed E-state index contributed by atoms with van der Waals surface area (Å²) in [4.78, 5) is 13.3. The molecule has 1 atom stereocenters. The summed E-state index contributed by atoms with van der Waals surface area (Å²) >= 11 is 11.4. The van der Waals surface area contributed by atoms with E-state index in [9.17, 15) is 4.79 Å². The zero-order valence-corrected chi connectivity index (χ0v) is 20.3. The number of carbonyl (C=O) groups is 1. The number of halogens is 1. The quantitative estimate of drug-likeness (QED) is 0.385. The normalized spacial score (nSPS) is 15.3. The fourth-order valence-corrected chi connectivity index (χ4v) is 4.19. The van der Waals surface area contributed by atoms with E-state index >= 15 is 0 Å². The Morgan fingerprint density at radius 2 is 1.85 bits per heavy atom. The van der Waals surface area contributed by atoms with Crippen molar-refractivity contribution in [2.45, 2.75) is 19.6 Å². The van der Waals surface area contributed by atoms with Crippen molar-refractivity contribution in [3.63, 3.8) is 0 Å². The van der Waals surface area contributed by atoms with Crippen molar-refractivity contribution >= 4 is 40.5 Å². The molecule has 3 N–H and O–H groups in total. The van der Waals surface area contributed by atoms with Gasteiger partial charge in [0, 0.05) is 16.4 Å². The maximum absolute atomic E-state index is 13.3. The van der Waals surface area contributed by atoms with Crippen LogP contribution < -0.4 is 25.4 Å². The van der Waals surface area contributed by atoms with E-state index in [1.165, 1.54) is 0 Å². The third-order valence-electron chi connectivity index (χ3n) is 5.35. The average molecular weight is 494 g/mol. The van der Waals surface area contributed by atoms with Crippen molar-refractivity contribution < 1.29 is 14.3 Å². The van der Waals surface area contributed by atoms with Crippen LogP contribution in [0.4, 0.5) is 5.69 Å². The minimum Gasteiger partial charge on any atom is -0.493 e. The molecule has 34 heavy (non-hydrogen) atoms. The predicted molar refractivity (Wildman–Crippen MR) is 138 cm³/mol. The molecular weight excluding hydrogens is 470 g/mol. The van der Waals surface area contributed by atoms with Gasteiger partial charge in [-0.15, -0.1) is 0 Å². The molecule has 8 heteroatoms. The molecule has 6 nitrogen and oxygen atoms in total. The first kappa shape index (κ1) is 23.6. The van der Waals surface area contributed by atoms with Crippen molar-refractivity contribution in [1.82, 2.24) is 10.6 Å². The van der Waals surface area contributed by atoms with Crippen LogP contribution in [-0.4, -0.2) is 18.1 Å². The van der Waals surface area contributed by atoms with Crippen LogP contribution in [-0.2, 0) is 11.4 Å². The second-order valence-electron chi connectivity index (χ2n) is 7.72. The van der Waals surface area contributed by atoms with Crippen LogP contribution in [0.15, 0.2) is 84.1 Å². The van der Waals surface area contributed by atoms with Gasteiger partial charge in [0.1, 0.15) is 6.61 Å². The molecule has 3 aromatic carbocycles. The fraction of sp³-hybridized carbons (Fsp3) is 0.154. The van der Waals surface area contributed by atoms with E-state index in [0.717, 1.165) is 11.1 Å². The zero-order valence-electron chi connectivity index (χ0n) is 18.7. The number of hydrogen-bond acceptors (Lipinski definition) is 4. The molecule has 1 unspecified atom stereocenters. The molecule has 0 aromatic heterocycles. The number of hydrogen-bond donors (Lipinski definition) is 3. The number of ether oxygens (including phenoxy) is 2. The van der Waals surface area contributed by atoms with Crippen LogP contribution in [0, 0.1) is 0 Å². The molecule has 3 aromatic rings. The first-order chi connectivity index (χ1) is 16.4. The number of allylic oxidation sites excluding steroid dienone is 1. The van der Waals surface area contributed by atoms with E-state index in [1.807, 2.05) is 55.5 Å². The van der Waals surface area contributed by atoms with Crippen molar-refractivity contribution in [3.05, 3.63) is 100 Å². The average Bonchev–Trinajstić information content (AvgIpc) is 2.82. The number of nitrogens with one attached hydrogen (secondary N) is 3. The number of carbonyl (C=O) groups excluding carboxylic acids is 1. The number of thiocarbonyl (C=S) groups is 1. The second-order valence-corrected chi connectivity index (χ2v) is 8.56. The van der Waals surface area contributed by atoms with Gasteiger partial charge in [-0.25, -0.2) is 0 Å². The van der Waals surface area contributed by atoms with Gasteiger partial charge in [0.25, 0.3) is 5.91 Å². The topological polar surface area (TPSA) is 71.6 Å². The first-order valence-corrected chi connectivity index (χ1v) is 11.4. The van der Waals surface area contributed by atoms with Crippen molar-refractivity contribution in [3.8, 4) is 11.5 Å². The molecule has 1 aliphatic heterocycles. The smallest absolute Gasteiger partial charge is 0.255 e. The molecular formula is C26H24ClN3O3S. The lowest BCUT2D eigenvalue weighted by molar-refractivity contribution is -0.113. The summed E-state index contributed by atoms with van der Waals surface area (Å²) in [6.45, 7) is 2.24. The van der Waals surface area contributed by atoms with Gasteiger partial charge in [-0.1, -0.05) is 54.1 Å². The molecule has 0 radical (unpaired) electrons. The van der Waals surface area contributed by atoms with Crippen LogP contribution in [0.25, 0.3) is 0 Å². The summed E-state index contributed by atoms with van der Waals surface area (Å²) in [5, 5.41) is 10.1. The Labute approximate surface area is 208 Å². The Morgan fingerprint density at radius 1 is 1.06 bits per heavy atom. The Balaban J connectivity index is 1.60. The number of benzene rings is 3. The van der Waals surface area contributed by atoms with Crippen molar-refractivity contribution in [1.29, 1.82) is 0 Å². The number of methoxy groups -OCH3 is 1. The minimum atomic E-state index is -0.481. The largest absolute Gasteiger partial charge is 0.493 e. The molecule has 0 aliphatic carbocycles. The van der Waals surface area contributed by atoms with E-state index in [4.69, 9.17) is 33.3 Å². The molecule has 1 amide bonds. The molecule has 1 aliphatic rings. The Morgan fingerprint density at radius 3 is 2.59 bits per heavy atom. The highest BCUT2D eigenvalue weighted by Gasteiger charge is 2.30. The maximum Gasteiger partial charge on any atom is 0.255 e. The zero-order chi connectivity index (χ0) is 24.1. The molecule has 0 fully saturated rings. The minimum absolute atomic E-state index is 0.268. The lowest BCUT2D eigenvalue weighted by atomic mass is 9.94. The van der Waals surface area contributed by atoms with Gasteiger partial charge in [-0.2, -0.15) is 0 Å². The van der Waals surface area contributed by atoms with Gasteiger partial charge in [0.05, 0.1) is 18.7 Å². The van der Waals surface area contributed by atoms with Gasteiger partial charge in [-0.05, 0) is 60.6 Å². The summed E-state index contributed by atoms with van der Waals surface area (Å²) < 4.78 is 11.6. The van der Waals surface area contributed by atoms with Crippen molar-refractivity contribution in [2.75, 3.05) is 12.4 Å². The maximum atomic E-state index is 13.3. The predicted octanol–water partition coefficient (Wildman–Crippen LogP) is 5.36. The van der Waals surface area contributed by atoms with Gasteiger partial charge in [-0.3, -0.25) is 4.79 Å². The Bertz CT molecular complexity index is 1250. The van der Waals surface area contributed by atoms with Gasteiger partial charge < -0.3 is 25.4 Å². The summed E-state index contributed by atoms with van der Waals surface area (Å²) in [5.74, 6) is 0.903. The lowest BCUT2D eigenvalue weighted by Gasteiger charge is -2.30. The highest BCUT2D eigenvalue weighted by molar-refractivity contribution is 7.80. The number of amides is 1. The molecule has 174 valence electrons. The third-order valence-corrected chi connectivity index (χ3v) is 5.81. The molecule has 0 saturated carbocycles. The van der Waals surface area contributed by atoms with Crippen LogP contribution in [0.2, 0.25) is 5.02 Å². The van der Waals surface area contributed by atoms with E-state index in [1.54, 1.807) is 31.4 Å². The van der Waals surface area contributed by atoms with Crippen LogP contribution in [0.1, 0.15) is 24.1 Å². The highest BCUT2D eigenvalue weighted by atomic mass is 35.5. The molecule has 0 saturated heterocycles. The molecule has 0 spiro atoms. The molecule has 0 bridgehead atoms. The van der Waals surface area contributed by atoms with Crippen LogP contribution >= 0.6 is 23.8 Å². The summed E-state index contributed by atoms with van der Waals surface area (Å²) in [6, 6.07) is 22.0. The number of rotatable bonds is 7. The Hall–Kier alpha value is -3.55. The second kappa shape index (κ2) is 10.6. The van der Waals surface area contributed by atoms with E-state index in [0.29, 0.717) is 45.2 Å². The van der Waals surface area contributed by atoms with Crippen LogP contribution in [0.5, 0.6) is 11.5 Å². The Kier molecular flexibility index (Phi) is 7.35. The monoisotopic (exact) mass is 493 g/mol. The molecule has 1 heterocycles. The number of anilines is 1. The third kappa shape index (κ3) is 5.50. The van der Waals surface area contributed by atoms with Crippen molar-refractivity contribution in [2.24, 2.45) is 0 Å². The van der Waals surface area contributed by atoms with Crippen LogP contribution in [0.3, 0.4) is 0 Å². The van der Waals surface area contributed by atoms with E-state index in [2.05, 4.69) is 16.0 Å². The van der Waals surface area contributed by atoms with Gasteiger partial charge in [0.15, 0.2) is 16.6 Å². The summed E-state index contributed by atoms with van der Waals surface area (Å²) in [5.41, 5.74) is 3.64.